The van der Waals surface area contributed by atoms with E-state index in [1.54, 1.807) is 0 Å². The summed E-state index contributed by atoms with van der Waals surface area (Å²) in [6, 6.07) is 0.507. The summed E-state index contributed by atoms with van der Waals surface area (Å²) >= 11 is 0. The van der Waals surface area contributed by atoms with Gasteiger partial charge in [0, 0.05) is 12.5 Å². The SMILES string of the molecule is CC(C)Cc1nc2n(c1N)C(C)CC(C)C2. The Balaban J connectivity index is 2.35. The monoisotopic (exact) mass is 221 g/mol. The molecule has 2 atom stereocenters. The number of hydrogen-bond acceptors (Lipinski definition) is 2. The van der Waals surface area contributed by atoms with Gasteiger partial charge in [0.25, 0.3) is 0 Å². The molecule has 0 radical (unpaired) electrons. The van der Waals surface area contributed by atoms with E-state index in [2.05, 4.69) is 32.3 Å². The standard InChI is InChI=1S/C13H23N3/c1-8(2)5-11-13(14)16-10(4)6-9(3)7-12(16)15-11/h8-10H,5-7,14H2,1-4H3. The quantitative estimate of drug-likeness (QED) is 0.834. The first-order valence-electron chi connectivity index (χ1n) is 6.34. The zero-order valence-corrected chi connectivity index (χ0v) is 10.8. The zero-order chi connectivity index (χ0) is 11.9. The molecular formula is C13H23N3. The van der Waals surface area contributed by atoms with Gasteiger partial charge in [0.05, 0.1) is 5.69 Å². The lowest BCUT2D eigenvalue weighted by Crippen LogP contribution is -2.22. The van der Waals surface area contributed by atoms with Crippen LogP contribution in [0.5, 0.6) is 0 Å². The van der Waals surface area contributed by atoms with Gasteiger partial charge in [-0.1, -0.05) is 20.8 Å². The van der Waals surface area contributed by atoms with Gasteiger partial charge >= 0.3 is 0 Å². The third-order valence-corrected chi connectivity index (χ3v) is 3.41. The van der Waals surface area contributed by atoms with Crippen molar-refractivity contribution in [1.82, 2.24) is 9.55 Å². The van der Waals surface area contributed by atoms with E-state index in [0.29, 0.717) is 12.0 Å². The van der Waals surface area contributed by atoms with Crippen LogP contribution in [0.2, 0.25) is 0 Å². The van der Waals surface area contributed by atoms with Crippen molar-refractivity contribution in [1.29, 1.82) is 0 Å². The first-order valence-corrected chi connectivity index (χ1v) is 6.34. The van der Waals surface area contributed by atoms with Crippen molar-refractivity contribution in [3.63, 3.8) is 0 Å². The van der Waals surface area contributed by atoms with Crippen molar-refractivity contribution in [2.45, 2.75) is 53.0 Å². The van der Waals surface area contributed by atoms with Crippen LogP contribution in [0.25, 0.3) is 0 Å². The Morgan fingerprint density at radius 1 is 1.44 bits per heavy atom. The molecule has 1 aliphatic heterocycles. The minimum Gasteiger partial charge on any atom is -0.384 e. The van der Waals surface area contributed by atoms with Crippen molar-refractivity contribution in [2.24, 2.45) is 11.8 Å². The van der Waals surface area contributed by atoms with Gasteiger partial charge in [0.2, 0.25) is 0 Å². The number of nitrogen functional groups attached to an aromatic ring is 1. The number of nitrogens with two attached hydrogens (primary N) is 1. The summed E-state index contributed by atoms with van der Waals surface area (Å²) in [7, 11) is 0. The summed E-state index contributed by atoms with van der Waals surface area (Å²) in [5.41, 5.74) is 7.31. The molecule has 1 aromatic rings. The molecule has 0 saturated carbocycles. The lowest BCUT2D eigenvalue weighted by atomic mass is 9.95. The predicted octanol–water partition coefficient (Wildman–Crippen LogP) is 2.81. The molecule has 3 nitrogen and oxygen atoms in total. The normalized spacial score (nSPS) is 24.8. The zero-order valence-electron chi connectivity index (χ0n) is 10.8. The second kappa shape index (κ2) is 4.11. The van der Waals surface area contributed by atoms with Crippen LogP contribution in [-0.2, 0) is 12.8 Å². The van der Waals surface area contributed by atoms with E-state index >= 15 is 0 Å². The lowest BCUT2D eigenvalue weighted by Gasteiger charge is -2.27. The minimum atomic E-state index is 0.507. The van der Waals surface area contributed by atoms with Crippen LogP contribution in [0.4, 0.5) is 5.82 Å². The molecule has 1 aliphatic rings. The summed E-state index contributed by atoms with van der Waals surface area (Å²) in [4.78, 5) is 4.73. The molecule has 0 bridgehead atoms. The molecule has 2 rings (SSSR count). The Morgan fingerprint density at radius 3 is 2.75 bits per heavy atom. The number of anilines is 1. The van der Waals surface area contributed by atoms with Crippen molar-refractivity contribution in [3.8, 4) is 0 Å². The number of rotatable bonds is 2. The van der Waals surface area contributed by atoms with Crippen LogP contribution in [0.3, 0.4) is 0 Å². The average Bonchev–Trinajstić information content (AvgIpc) is 2.41. The van der Waals surface area contributed by atoms with Crippen LogP contribution in [0.1, 0.15) is 51.7 Å². The Kier molecular flexibility index (Phi) is 2.96. The Bertz CT molecular complexity index is 379. The third kappa shape index (κ3) is 1.95. The van der Waals surface area contributed by atoms with Crippen molar-refractivity contribution < 1.29 is 0 Å². The summed E-state index contributed by atoms with van der Waals surface area (Å²) < 4.78 is 2.25. The van der Waals surface area contributed by atoms with Gasteiger partial charge in [-0.2, -0.15) is 0 Å². The molecule has 16 heavy (non-hydrogen) atoms. The molecule has 2 unspecified atom stereocenters. The average molecular weight is 221 g/mol. The van der Waals surface area contributed by atoms with Crippen molar-refractivity contribution in [2.75, 3.05) is 5.73 Å². The first kappa shape index (κ1) is 11.5. The molecule has 0 saturated heterocycles. The van der Waals surface area contributed by atoms with Gasteiger partial charge in [-0.25, -0.2) is 4.98 Å². The maximum Gasteiger partial charge on any atom is 0.127 e. The molecule has 90 valence electrons. The van der Waals surface area contributed by atoms with Crippen LogP contribution in [0.15, 0.2) is 0 Å². The van der Waals surface area contributed by atoms with Crippen LogP contribution >= 0.6 is 0 Å². The Morgan fingerprint density at radius 2 is 2.12 bits per heavy atom. The van der Waals surface area contributed by atoms with Crippen LogP contribution < -0.4 is 5.73 Å². The molecular weight excluding hydrogens is 198 g/mol. The highest BCUT2D eigenvalue weighted by atomic mass is 15.2. The van der Waals surface area contributed by atoms with E-state index in [4.69, 9.17) is 10.7 Å². The highest BCUT2D eigenvalue weighted by Gasteiger charge is 2.26. The number of nitrogens with zero attached hydrogens (tertiary/aromatic N) is 2. The van der Waals surface area contributed by atoms with E-state index in [1.165, 1.54) is 12.2 Å². The molecule has 0 aromatic carbocycles. The fraction of sp³-hybridized carbons (Fsp3) is 0.769. The van der Waals surface area contributed by atoms with Gasteiger partial charge < -0.3 is 10.3 Å². The summed E-state index contributed by atoms with van der Waals surface area (Å²) in [5, 5.41) is 0. The first-order chi connectivity index (χ1) is 7.49. The topological polar surface area (TPSA) is 43.8 Å². The van der Waals surface area contributed by atoms with Gasteiger partial charge in [0.1, 0.15) is 11.6 Å². The van der Waals surface area contributed by atoms with E-state index < -0.39 is 0 Å². The Hall–Kier alpha value is -0.990. The van der Waals surface area contributed by atoms with E-state index in [9.17, 15) is 0 Å². The molecule has 0 amide bonds. The summed E-state index contributed by atoms with van der Waals surface area (Å²) in [5.74, 6) is 3.45. The number of hydrogen-bond donors (Lipinski definition) is 1. The smallest absolute Gasteiger partial charge is 0.127 e. The molecule has 2 heterocycles. The molecule has 0 spiro atoms. The fourth-order valence-corrected chi connectivity index (χ4v) is 2.80. The predicted molar refractivity (Wildman–Crippen MR) is 67.4 cm³/mol. The second-order valence-electron chi connectivity index (χ2n) is 5.72. The van der Waals surface area contributed by atoms with Crippen molar-refractivity contribution in [3.05, 3.63) is 11.5 Å². The highest BCUT2D eigenvalue weighted by Crippen LogP contribution is 2.32. The highest BCUT2D eigenvalue weighted by molar-refractivity contribution is 5.40. The fourth-order valence-electron chi connectivity index (χ4n) is 2.80. The summed E-state index contributed by atoms with van der Waals surface area (Å²) in [6.45, 7) is 8.97. The van der Waals surface area contributed by atoms with E-state index in [1.807, 2.05) is 0 Å². The maximum absolute atomic E-state index is 6.21. The lowest BCUT2D eigenvalue weighted by molar-refractivity contribution is 0.346. The van der Waals surface area contributed by atoms with Gasteiger partial charge in [0.15, 0.2) is 0 Å². The van der Waals surface area contributed by atoms with Gasteiger partial charge in [-0.15, -0.1) is 0 Å². The van der Waals surface area contributed by atoms with Crippen LogP contribution in [0, 0.1) is 11.8 Å². The molecule has 0 aliphatic carbocycles. The largest absolute Gasteiger partial charge is 0.384 e. The molecule has 2 N–H and O–H groups in total. The molecule has 1 aromatic heterocycles. The third-order valence-electron chi connectivity index (χ3n) is 3.41. The van der Waals surface area contributed by atoms with Crippen molar-refractivity contribution >= 4 is 5.82 Å². The van der Waals surface area contributed by atoms with E-state index in [-0.39, 0.29) is 0 Å². The number of fused-ring (bicyclic) bond motifs is 1. The Labute approximate surface area is 98.1 Å². The van der Waals surface area contributed by atoms with E-state index in [0.717, 1.165) is 30.3 Å². The maximum atomic E-state index is 6.21. The molecule has 3 heteroatoms. The van der Waals surface area contributed by atoms with Crippen LogP contribution in [-0.4, -0.2) is 9.55 Å². The minimum absolute atomic E-state index is 0.507. The summed E-state index contributed by atoms with van der Waals surface area (Å²) in [6.07, 6.45) is 3.29. The number of imidazole rings is 1. The van der Waals surface area contributed by atoms with Gasteiger partial charge in [-0.3, -0.25) is 0 Å². The number of aromatic nitrogens is 2. The second-order valence-corrected chi connectivity index (χ2v) is 5.72. The van der Waals surface area contributed by atoms with Gasteiger partial charge in [-0.05, 0) is 31.6 Å². The molecule has 0 fully saturated rings.